The molecule has 0 heterocycles. The Labute approximate surface area is 222 Å². The lowest BCUT2D eigenvalue weighted by molar-refractivity contribution is -0.00455. The number of ether oxygens (including phenoxy) is 1. The maximum atomic E-state index is 14.6. The first-order chi connectivity index (χ1) is 18.1. The molecule has 0 bridgehead atoms. The van der Waals surface area contributed by atoms with Gasteiger partial charge in [-0.05, 0) is 60.7 Å². The Balaban J connectivity index is 1.40. The number of aliphatic hydroxyl groups excluding tert-OH is 1. The van der Waals surface area contributed by atoms with Crippen molar-refractivity contribution in [2.75, 3.05) is 13.2 Å². The van der Waals surface area contributed by atoms with Crippen LogP contribution in [0.25, 0.3) is 21.9 Å². The van der Waals surface area contributed by atoms with Gasteiger partial charge in [0.05, 0.1) is 18.8 Å². The van der Waals surface area contributed by atoms with Crippen molar-refractivity contribution in [3.8, 4) is 11.1 Å². The van der Waals surface area contributed by atoms with Crippen LogP contribution < -0.4 is 5.32 Å². The van der Waals surface area contributed by atoms with Gasteiger partial charge in [-0.25, -0.2) is 9.18 Å². The fraction of sp³-hybridized carbons (Fsp3) is 0.281. The van der Waals surface area contributed by atoms with Crippen LogP contribution in [0, 0.1) is 5.82 Å². The van der Waals surface area contributed by atoms with Gasteiger partial charge in [0.1, 0.15) is 11.4 Å². The summed E-state index contributed by atoms with van der Waals surface area (Å²) in [5.41, 5.74) is 2.10. The minimum Gasteiger partial charge on any atom is -0.478 e. The first-order valence-corrected chi connectivity index (χ1v) is 12.8. The van der Waals surface area contributed by atoms with Crippen LogP contribution in [0.4, 0.5) is 4.39 Å². The van der Waals surface area contributed by atoms with Crippen molar-refractivity contribution in [1.29, 1.82) is 0 Å². The fourth-order valence-corrected chi connectivity index (χ4v) is 4.82. The molecule has 5 nitrogen and oxygen atoms in total. The summed E-state index contributed by atoms with van der Waals surface area (Å²) in [6, 6.07) is 26.6. The SMILES string of the molecule is CC(OC[C@@H](O)CNC(C)(C)Cc1ccc2ccccc2c1)c1c(-c2ccccc2)ccc(F)c1C(=O)O. The maximum absolute atomic E-state index is 14.6. The minimum atomic E-state index is -1.36. The van der Waals surface area contributed by atoms with E-state index < -0.39 is 29.6 Å². The highest BCUT2D eigenvalue weighted by Crippen LogP contribution is 2.34. The third kappa shape index (κ3) is 6.64. The molecule has 0 aliphatic heterocycles. The molecule has 2 atom stereocenters. The predicted octanol–water partition coefficient (Wildman–Crippen LogP) is 6.39. The summed E-state index contributed by atoms with van der Waals surface area (Å²) >= 11 is 0. The zero-order chi connectivity index (χ0) is 27.3. The fourth-order valence-electron chi connectivity index (χ4n) is 4.82. The number of halogens is 1. The Kier molecular flexibility index (Phi) is 8.57. The van der Waals surface area contributed by atoms with Crippen LogP contribution in [0.1, 0.15) is 48.4 Å². The Hall–Kier alpha value is -3.58. The number of aromatic carboxylic acids is 1. The lowest BCUT2D eigenvalue weighted by Gasteiger charge is -2.29. The quantitative estimate of drug-likeness (QED) is 0.216. The van der Waals surface area contributed by atoms with Crippen LogP contribution in [0.2, 0.25) is 0 Å². The molecule has 4 rings (SSSR count). The molecule has 0 spiro atoms. The van der Waals surface area contributed by atoms with Gasteiger partial charge in [0, 0.05) is 17.6 Å². The summed E-state index contributed by atoms with van der Waals surface area (Å²) in [6.45, 7) is 6.09. The molecule has 0 aromatic heterocycles. The number of nitrogens with one attached hydrogen (secondary N) is 1. The Bertz CT molecular complexity index is 1400. The summed E-state index contributed by atoms with van der Waals surface area (Å²) in [4.78, 5) is 11.9. The zero-order valence-electron chi connectivity index (χ0n) is 21.9. The van der Waals surface area contributed by atoms with Gasteiger partial charge in [-0.2, -0.15) is 0 Å². The molecule has 0 aliphatic carbocycles. The van der Waals surface area contributed by atoms with E-state index in [1.165, 1.54) is 22.4 Å². The van der Waals surface area contributed by atoms with Gasteiger partial charge in [-0.1, -0.05) is 78.9 Å². The van der Waals surface area contributed by atoms with Crippen molar-refractivity contribution in [1.82, 2.24) is 5.32 Å². The van der Waals surface area contributed by atoms with Crippen LogP contribution >= 0.6 is 0 Å². The van der Waals surface area contributed by atoms with E-state index in [-0.39, 0.29) is 24.3 Å². The van der Waals surface area contributed by atoms with Gasteiger partial charge >= 0.3 is 5.97 Å². The van der Waals surface area contributed by atoms with Crippen LogP contribution in [0.3, 0.4) is 0 Å². The topological polar surface area (TPSA) is 78.8 Å². The molecule has 198 valence electrons. The zero-order valence-corrected chi connectivity index (χ0v) is 21.9. The smallest absolute Gasteiger partial charge is 0.339 e. The van der Waals surface area contributed by atoms with Gasteiger partial charge in [0.25, 0.3) is 0 Å². The number of aliphatic hydroxyl groups is 1. The molecule has 0 radical (unpaired) electrons. The number of carbonyl (C=O) groups is 1. The number of fused-ring (bicyclic) bond motifs is 1. The highest BCUT2D eigenvalue weighted by atomic mass is 19.1. The highest BCUT2D eigenvalue weighted by molar-refractivity contribution is 5.93. The molecule has 6 heteroatoms. The molecule has 0 amide bonds. The first-order valence-electron chi connectivity index (χ1n) is 12.8. The molecular formula is C32H34FNO4. The number of hydrogen-bond acceptors (Lipinski definition) is 4. The van der Waals surface area contributed by atoms with Crippen molar-refractivity contribution in [3.05, 3.63) is 107 Å². The summed E-state index contributed by atoms with van der Waals surface area (Å²) in [6.07, 6.45) is -0.823. The molecule has 1 unspecified atom stereocenters. The van der Waals surface area contributed by atoms with Gasteiger partial charge < -0.3 is 20.3 Å². The molecule has 0 aliphatic rings. The summed E-state index contributed by atoms with van der Waals surface area (Å²) < 4.78 is 20.5. The lowest BCUT2D eigenvalue weighted by atomic mass is 9.92. The number of benzene rings is 4. The Morgan fingerprint density at radius 1 is 0.974 bits per heavy atom. The summed E-state index contributed by atoms with van der Waals surface area (Å²) in [7, 11) is 0. The normalized spacial score (nSPS) is 13.4. The maximum Gasteiger partial charge on any atom is 0.339 e. The van der Waals surface area contributed by atoms with E-state index in [1.54, 1.807) is 13.0 Å². The third-order valence-electron chi connectivity index (χ3n) is 6.71. The van der Waals surface area contributed by atoms with Crippen molar-refractivity contribution in [2.24, 2.45) is 0 Å². The van der Waals surface area contributed by atoms with Crippen molar-refractivity contribution >= 4 is 16.7 Å². The molecule has 3 N–H and O–H groups in total. The van der Waals surface area contributed by atoms with Crippen LogP contribution in [0.5, 0.6) is 0 Å². The molecule has 4 aromatic rings. The largest absolute Gasteiger partial charge is 0.478 e. The number of rotatable bonds is 11. The van der Waals surface area contributed by atoms with E-state index in [0.717, 1.165) is 12.0 Å². The molecule has 0 saturated heterocycles. The van der Waals surface area contributed by atoms with Gasteiger partial charge in [0.15, 0.2) is 0 Å². The molecule has 38 heavy (non-hydrogen) atoms. The number of carboxylic acid groups (broad SMARTS) is 1. The second-order valence-electron chi connectivity index (χ2n) is 10.3. The van der Waals surface area contributed by atoms with E-state index in [0.29, 0.717) is 5.56 Å². The van der Waals surface area contributed by atoms with Crippen molar-refractivity contribution in [3.63, 3.8) is 0 Å². The monoisotopic (exact) mass is 515 g/mol. The molecule has 0 fully saturated rings. The van der Waals surface area contributed by atoms with Gasteiger partial charge in [0.2, 0.25) is 0 Å². The van der Waals surface area contributed by atoms with E-state index in [4.69, 9.17) is 4.74 Å². The Morgan fingerprint density at radius 2 is 1.66 bits per heavy atom. The van der Waals surface area contributed by atoms with Crippen molar-refractivity contribution < 1.29 is 24.1 Å². The number of carboxylic acids is 1. The van der Waals surface area contributed by atoms with E-state index in [9.17, 15) is 19.4 Å². The standard InChI is InChI=1S/C32H34FNO4/c1-21(29-27(24-10-5-4-6-11-24)15-16-28(33)30(29)31(36)37)38-20-26(35)19-34-32(2,3)18-22-13-14-23-9-7-8-12-25(23)17-22/h4-17,21,26,34-35H,18-20H2,1-3H3,(H,36,37)/t21?,26-/m0/s1. The van der Waals surface area contributed by atoms with E-state index in [1.807, 2.05) is 42.5 Å². The minimum absolute atomic E-state index is 0.0377. The molecule has 4 aromatic carbocycles. The van der Waals surface area contributed by atoms with Crippen LogP contribution in [0.15, 0.2) is 84.9 Å². The van der Waals surface area contributed by atoms with Gasteiger partial charge in [-0.3, -0.25) is 0 Å². The lowest BCUT2D eigenvalue weighted by Crippen LogP contribution is -2.46. The second kappa shape index (κ2) is 11.9. The second-order valence-corrected chi connectivity index (χ2v) is 10.3. The first kappa shape index (κ1) is 27.5. The summed E-state index contributed by atoms with van der Waals surface area (Å²) in [5, 5.41) is 26.2. The number of β-amino-alcohol motifs (C(OH)–C–C–N with tert-alkyl or cyclic N) is 1. The van der Waals surface area contributed by atoms with Gasteiger partial charge in [-0.15, -0.1) is 0 Å². The third-order valence-corrected chi connectivity index (χ3v) is 6.71. The predicted molar refractivity (Wildman–Crippen MR) is 149 cm³/mol. The Morgan fingerprint density at radius 3 is 2.37 bits per heavy atom. The van der Waals surface area contributed by atoms with E-state index in [2.05, 4.69) is 49.5 Å². The van der Waals surface area contributed by atoms with E-state index >= 15 is 0 Å². The van der Waals surface area contributed by atoms with Crippen LogP contribution in [-0.4, -0.2) is 41.0 Å². The van der Waals surface area contributed by atoms with Crippen molar-refractivity contribution in [2.45, 2.75) is 44.9 Å². The van der Waals surface area contributed by atoms with Crippen LogP contribution in [-0.2, 0) is 11.2 Å². The average molecular weight is 516 g/mol. The average Bonchev–Trinajstić information content (AvgIpc) is 2.90. The number of hydrogen-bond donors (Lipinski definition) is 3. The molecular weight excluding hydrogens is 481 g/mol. The molecule has 0 saturated carbocycles. The summed E-state index contributed by atoms with van der Waals surface area (Å²) in [5.74, 6) is -2.18. The highest BCUT2D eigenvalue weighted by Gasteiger charge is 2.26.